The lowest BCUT2D eigenvalue weighted by atomic mass is 9.87. The molecule has 0 saturated carbocycles. The Bertz CT molecular complexity index is 3770. The van der Waals surface area contributed by atoms with Crippen LogP contribution in [0.15, 0.2) is 199 Å². The third kappa shape index (κ3) is 4.34. The Morgan fingerprint density at radius 3 is 1.56 bits per heavy atom. The van der Waals surface area contributed by atoms with Gasteiger partial charge in [0.25, 0.3) is 0 Å². The van der Waals surface area contributed by atoms with E-state index in [2.05, 4.69) is 194 Å². The van der Waals surface area contributed by atoms with Crippen LogP contribution in [0.2, 0.25) is 0 Å². The van der Waals surface area contributed by atoms with E-state index in [0.29, 0.717) is 0 Å². The summed E-state index contributed by atoms with van der Waals surface area (Å²) < 4.78 is 7.20. The van der Waals surface area contributed by atoms with Crippen LogP contribution in [0, 0.1) is 0 Å². The lowest BCUT2D eigenvalue weighted by molar-refractivity contribution is 0.674. The second-order valence-corrected chi connectivity index (χ2v) is 15.5. The third-order valence-corrected chi connectivity index (χ3v) is 12.6. The Balaban J connectivity index is 1.06. The molecule has 1 heteroatoms. The molecule has 12 aromatic carbocycles. The zero-order valence-electron chi connectivity index (χ0n) is 30.9. The molecule has 0 fully saturated rings. The molecule has 0 aliphatic heterocycles. The van der Waals surface area contributed by atoms with Crippen molar-refractivity contribution in [2.24, 2.45) is 0 Å². The number of hydrogen-bond donors (Lipinski definition) is 0. The van der Waals surface area contributed by atoms with Gasteiger partial charge in [-0.3, -0.25) is 0 Å². The first-order chi connectivity index (χ1) is 28.3. The molecule has 262 valence electrons. The molecule has 0 N–H and O–H groups in total. The largest absolute Gasteiger partial charge is 0.455 e. The number of furan rings is 1. The van der Waals surface area contributed by atoms with Crippen molar-refractivity contribution in [1.82, 2.24) is 0 Å². The van der Waals surface area contributed by atoms with Crippen LogP contribution in [0.3, 0.4) is 0 Å². The highest BCUT2D eigenvalue weighted by Crippen LogP contribution is 2.48. The van der Waals surface area contributed by atoms with Crippen LogP contribution in [-0.4, -0.2) is 0 Å². The van der Waals surface area contributed by atoms with Gasteiger partial charge in [0.15, 0.2) is 0 Å². The molecule has 13 aromatic rings. The molecule has 0 saturated heterocycles. The van der Waals surface area contributed by atoms with Gasteiger partial charge in [-0.05, 0) is 110 Å². The monoisotopic (exact) mass is 720 g/mol. The third-order valence-electron chi connectivity index (χ3n) is 12.6. The van der Waals surface area contributed by atoms with Crippen molar-refractivity contribution >= 4 is 97.3 Å². The number of fused-ring (bicyclic) bond motifs is 9. The van der Waals surface area contributed by atoms with Crippen LogP contribution >= 0.6 is 0 Å². The van der Waals surface area contributed by atoms with Crippen LogP contribution in [0.25, 0.3) is 131 Å². The minimum absolute atomic E-state index is 0.917. The summed E-state index contributed by atoms with van der Waals surface area (Å²) in [6.45, 7) is 0. The second-order valence-electron chi connectivity index (χ2n) is 15.5. The van der Waals surface area contributed by atoms with Crippen LogP contribution < -0.4 is 0 Å². The van der Waals surface area contributed by atoms with E-state index in [1.807, 2.05) is 0 Å². The van der Waals surface area contributed by atoms with Crippen LogP contribution in [0.1, 0.15) is 0 Å². The minimum atomic E-state index is 0.917. The Kier molecular flexibility index (Phi) is 6.23. The molecule has 1 nitrogen and oxygen atoms in total. The average Bonchev–Trinajstić information content (AvgIpc) is 3.68. The lowest BCUT2D eigenvalue weighted by Gasteiger charge is -2.16. The molecule has 57 heavy (non-hydrogen) atoms. The first-order valence-electron chi connectivity index (χ1n) is 19.7. The van der Waals surface area contributed by atoms with E-state index in [9.17, 15) is 0 Å². The predicted octanol–water partition coefficient (Wildman–Crippen LogP) is 16.1. The van der Waals surface area contributed by atoms with Crippen molar-refractivity contribution in [2.75, 3.05) is 0 Å². The molecule has 0 spiro atoms. The van der Waals surface area contributed by atoms with E-state index in [-0.39, 0.29) is 0 Å². The predicted molar refractivity (Wildman–Crippen MR) is 244 cm³/mol. The van der Waals surface area contributed by atoms with Gasteiger partial charge in [-0.2, -0.15) is 0 Å². The Labute approximate surface area is 328 Å². The molecular weight excluding hydrogens is 689 g/mol. The summed E-state index contributed by atoms with van der Waals surface area (Å²) in [5, 5.41) is 19.8. The quantitative estimate of drug-likeness (QED) is 0.131. The summed E-state index contributed by atoms with van der Waals surface area (Å²) in [5.74, 6) is 0. The Hall–Kier alpha value is -7.48. The maximum absolute atomic E-state index is 7.20. The van der Waals surface area contributed by atoms with Crippen molar-refractivity contribution in [1.29, 1.82) is 0 Å². The number of hydrogen-bond acceptors (Lipinski definition) is 1. The first kappa shape index (κ1) is 30.8. The smallest absolute Gasteiger partial charge is 0.143 e. The standard InChI is InChI=1S/C56H32O/c1-4-13-41-33(8-1)22-27-47-50(41)32-40-10-3-5-14-43(40)53(47)48-31-30-44(54-49-29-23-34-9-2-6-15-45(34)55(49)57-56(48)54)36-18-16-35(17-19-36)42-26-24-39-21-20-37-11-7-12-38-25-28-46(42)52(39)51(37)38/h1-32H. The maximum Gasteiger partial charge on any atom is 0.143 e. The summed E-state index contributed by atoms with van der Waals surface area (Å²) in [5.41, 5.74) is 8.95. The van der Waals surface area contributed by atoms with Crippen LogP contribution in [0.4, 0.5) is 0 Å². The van der Waals surface area contributed by atoms with E-state index in [1.54, 1.807) is 0 Å². The fourth-order valence-electron chi connectivity index (χ4n) is 9.97. The van der Waals surface area contributed by atoms with Gasteiger partial charge >= 0.3 is 0 Å². The normalized spacial score (nSPS) is 12.2. The van der Waals surface area contributed by atoms with Crippen molar-refractivity contribution in [2.45, 2.75) is 0 Å². The van der Waals surface area contributed by atoms with Gasteiger partial charge in [0.05, 0.1) is 0 Å². The van der Waals surface area contributed by atoms with Gasteiger partial charge in [-0.1, -0.05) is 176 Å². The highest BCUT2D eigenvalue weighted by Gasteiger charge is 2.22. The first-order valence-corrected chi connectivity index (χ1v) is 19.7. The summed E-state index contributed by atoms with van der Waals surface area (Å²) in [6.07, 6.45) is 0. The number of benzene rings is 12. The Morgan fingerprint density at radius 2 is 0.772 bits per heavy atom. The summed E-state index contributed by atoms with van der Waals surface area (Å²) in [7, 11) is 0. The maximum atomic E-state index is 7.20. The van der Waals surface area contributed by atoms with Gasteiger partial charge in [-0.25, -0.2) is 0 Å². The molecule has 0 aliphatic rings. The zero-order valence-corrected chi connectivity index (χ0v) is 30.9. The molecule has 0 bridgehead atoms. The fraction of sp³-hybridized carbons (Fsp3) is 0. The topological polar surface area (TPSA) is 13.1 Å². The van der Waals surface area contributed by atoms with Crippen molar-refractivity contribution < 1.29 is 4.42 Å². The molecule has 1 heterocycles. The van der Waals surface area contributed by atoms with Crippen molar-refractivity contribution in [3.8, 4) is 33.4 Å². The fourth-order valence-corrected chi connectivity index (χ4v) is 9.97. The highest BCUT2D eigenvalue weighted by atomic mass is 16.3. The van der Waals surface area contributed by atoms with E-state index in [4.69, 9.17) is 4.42 Å². The van der Waals surface area contributed by atoms with Gasteiger partial charge in [0.1, 0.15) is 11.2 Å². The van der Waals surface area contributed by atoms with Crippen molar-refractivity contribution in [3.05, 3.63) is 194 Å². The molecule has 1 aromatic heterocycles. The van der Waals surface area contributed by atoms with Gasteiger partial charge < -0.3 is 4.42 Å². The summed E-state index contributed by atoms with van der Waals surface area (Å²) in [6, 6.07) is 71.5. The molecule has 13 rings (SSSR count). The molecule has 0 radical (unpaired) electrons. The SMILES string of the molecule is c1ccc2c(-c3ccc(-c4ccc(-c5ccc6ccc7cccc8ccc5c6c78)cc4)c4c3oc3c5ccccc5ccc34)c3ccc4ccccc4c3cc2c1. The van der Waals surface area contributed by atoms with E-state index in [1.165, 1.54) is 92.3 Å². The van der Waals surface area contributed by atoms with E-state index >= 15 is 0 Å². The van der Waals surface area contributed by atoms with E-state index < -0.39 is 0 Å². The molecule has 0 aliphatic carbocycles. The highest BCUT2D eigenvalue weighted by molar-refractivity contribution is 6.27. The minimum Gasteiger partial charge on any atom is -0.455 e. The average molecular weight is 721 g/mol. The zero-order chi connectivity index (χ0) is 37.2. The molecule has 0 amide bonds. The molecular formula is C56H32O. The van der Waals surface area contributed by atoms with Gasteiger partial charge in [-0.15, -0.1) is 0 Å². The summed E-state index contributed by atoms with van der Waals surface area (Å²) in [4.78, 5) is 0. The van der Waals surface area contributed by atoms with E-state index in [0.717, 1.165) is 38.5 Å². The molecule has 0 atom stereocenters. The summed E-state index contributed by atoms with van der Waals surface area (Å²) >= 11 is 0. The van der Waals surface area contributed by atoms with Crippen LogP contribution in [0.5, 0.6) is 0 Å². The van der Waals surface area contributed by atoms with Gasteiger partial charge in [0.2, 0.25) is 0 Å². The van der Waals surface area contributed by atoms with Crippen LogP contribution in [-0.2, 0) is 0 Å². The lowest BCUT2D eigenvalue weighted by Crippen LogP contribution is -1.89. The second kappa shape index (κ2) is 11.5. The number of rotatable bonds is 3. The Morgan fingerprint density at radius 1 is 0.246 bits per heavy atom. The molecule has 0 unspecified atom stereocenters. The van der Waals surface area contributed by atoms with Crippen molar-refractivity contribution in [3.63, 3.8) is 0 Å². The van der Waals surface area contributed by atoms with Gasteiger partial charge in [0, 0.05) is 27.3 Å².